The summed E-state index contributed by atoms with van der Waals surface area (Å²) in [6.45, 7) is 2.22. The van der Waals surface area contributed by atoms with Gasteiger partial charge in [-0.2, -0.15) is 5.26 Å². The van der Waals surface area contributed by atoms with Crippen LogP contribution < -0.4 is 0 Å². The van der Waals surface area contributed by atoms with Crippen LogP contribution in [0.1, 0.15) is 37.6 Å². The Labute approximate surface area is 100 Å². The Morgan fingerprint density at radius 3 is 2.71 bits per heavy atom. The molecule has 0 fully saturated rings. The Morgan fingerprint density at radius 1 is 1.41 bits per heavy atom. The Morgan fingerprint density at radius 2 is 2.12 bits per heavy atom. The van der Waals surface area contributed by atoms with Gasteiger partial charge in [0.25, 0.3) is 0 Å². The van der Waals surface area contributed by atoms with E-state index in [-0.39, 0.29) is 5.97 Å². The van der Waals surface area contributed by atoms with Crippen LogP contribution in [0.5, 0.6) is 0 Å². The van der Waals surface area contributed by atoms with E-state index in [4.69, 9.17) is 10.00 Å². The van der Waals surface area contributed by atoms with Crippen molar-refractivity contribution in [2.75, 3.05) is 6.61 Å². The number of rotatable bonds is 6. The van der Waals surface area contributed by atoms with E-state index < -0.39 is 0 Å². The molecule has 0 amide bonds. The monoisotopic (exact) mass is 233 g/mol. The fourth-order valence-electron chi connectivity index (χ4n) is 1.33. The van der Waals surface area contributed by atoms with Crippen molar-refractivity contribution in [1.82, 2.24) is 9.97 Å². The summed E-state index contributed by atoms with van der Waals surface area (Å²) in [5, 5.41) is 8.57. The predicted molar refractivity (Wildman–Crippen MR) is 60.9 cm³/mol. The van der Waals surface area contributed by atoms with Crippen molar-refractivity contribution in [2.45, 2.75) is 32.6 Å². The molecule has 0 radical (unpaired) electrons. The summed E-state index contributed by atoms with van der Waals surface area (Å²) in [6.07, 6.45) is 5.77. The Hall–Kier alpha value is -1.96. The topological polar surface area (TPSA) is 75.9 Å². The molecule has 0 spiro atoms. The summed E-state index contributed by atoms with van der Waals surface area (Å²) in [5.74, 6) is 0.543. The standard InChI is InChI=1S/C12H15N3O2/c1-2-17-12(16)6-4-3-5-11-14-8-10(7-13)9-15-11/h8-9H,2-6H2,1H3. The molecule has 0 saturated carbocycles. The number of nitriles is 1. The maximum absolute atomic E-state index is 11.0. The summed E-state index contributed by atoms with van der Waals surface area (Å²) in [5.41, 5.74) is 0.459. The Bertz CT molecular complexity index is 395. The van der Waals surface area contributed by atoms with Gasteiger partial charge in [0.15, 0.2) is 0 Å². The highest BCUT2D eigenvalue weighted by molar-refractivity contribution is 5.69. The van der Waals surface area contributed by atoms with E-state index in [9.17, 15) is 4.79 Å². The fraction of sp³-hybridized carbons (Fsp3) is 0.500. The summed E-state index contributed by atoms with van der Waals surface area (Å²) in [6, 6.07) is 1.96. The lowest BCUT2D eigenvalue weighted by Gasteiger charge is -2.01. The third kappa shape index (κ3) is 5.07. The molecule has 0 aliphatic carbocycles. The lowest BCUT2D eigenvalue weighted by molar-refractivity contribution is -0.143. The van der Waals surface area contributed by atoms with E-state index in [2.05, 4.69) is 9.97 Å². The van der Waals surface area contributed by atoms with Crippen molar-refractivity contribution >= 4 is 5.97 Å². The van der Waals surface area contributed by atoms with E-state index in [0.717, 1.165) is 12.8 Å². The van der Waals surface area contributed by atoms with E-state index >= 15 is 0 Å². The third-order valence-electron chi connectivity index (χ3n) is 2.17. The molecule has 0 aromatic carbocycles. The molecule has 0 bridgehead atoms. The minimum atomic E-state index is -0.159. The average Bonchev–Trinajstić information content (AvgIpc) is 2.36. The van der Waals surface area contributed by atoms with Crippen molar-refractivity contribution in [3.8, 4) is 6.07 Å². The molecule has 17 heavy (non-hydrogen) atoms. The van der Waals surface area contributed by atoms with Gasteiger partial charge < -0.3 is 4.74 Å². The first-order chi connectivity index (χ1) is 8.26. The summed E-state index contributed by atoms with van der Waals surface area (Å²) >= 11 is 0. The number of esters is 1. The van der Waals surface area contributed by atoms with E-state index in [1.807, 2.05) is 6.07 Å². The van der Waals surface area contributed by atoms with Gasteiger partial charge in [-0.3, -0.25) is 4.79 Å². The zero-order chi connectivity index (χ0) is 12.5. The van der Waals surface area contributed by atoms with Crippen LogP contribution in [0.15, 0.2) is 12.4 Å². The van der Waals surface area contributed by atoms with Crippen LogP contribution in [0.2, 0.25) is 0 Å². The molecule has 1 rings (SSSR count). The van der Waals surface area contributed by atoms with Crippen molar-refractivity contribution in [3.63, 3.8) is 0 Å². The van der Waals surface area contributed by atoms with Crippen LogP contribution in [0.25, 0.3) is 0 Å². The van der Waals surface area contributed by atoms with Gasteiger partial charge >= 0.3 is 5.97 Å². The van der Waals surface area contributed by atoms with Crippen LogP contribution in [-0.2, 0) is 16.0 Å². The number of hydrogen-bond acceptors (Lipinski definition) is 5. The fourth-order valence-corrected chi connectivity index (χ4v) is 1.33. The second-order valence-corrected chi connectivity index (χ2v) is 3.51. The first-order valence-corrected chi connectivity index (χ1v) is 5.63. The second kappa shape index (κ2) is 7.34. The van der Waals surface area contributed by atoms with Crippen LogP contribution in [-0.4, -0.2) is 22.5 Å². The first kappa shape index (κ1) is 13.1. The van der Waals surface area contributed by atoms with Crippen molar-refractivity contribution in [1.29, 1.82) is 5.26 Å². The van der Waals surface area contributed by atoms with Crippen LogP contribution >= 0.6 is 0 Å². The number of aryl methyl sites for hydroxylation is 1. The number of nitrogens with zero attached hydrogens (tertiary/aromatic N) is 3. The molecule has 0 N–H and O–H groups in total. The molecule has 0 aliphatic heterocycles. The molecule has 1 aromatic heterocycles. The molecular weight excluding hydrogens is 218 g/mol. The quantitative estimate of drug-likeness (QED) is 0.551. The Balaban J connectivity index is 2.22. The second-order valence-electron chi connectivity index (χ2n) is 3.51. The lowest BCUT2D eigenvalue weighted by Crippen LogP contribution is -2.04. The van der Waals surface area contributed by atoms with Gasteiger partial charge in [0.1, 0.15) is 11.9 Å². The van der Waals surface area contributed by atoms with Gasteiger partial charge in [0.05, 0.1) is 12.2 Å². The van der Waals surface area contributed by atoms with Crippen molar-refractivity contribution < 1.29 is 9.53 Å². The number of aromatic nitrogens is 2. The van der Waals surface area contributed by atoms with Gasteiger partial charge in [0, 0.05) is 25.2 Å². The van der Waals surface area contributed by atoms with Gasteiger partial charge in [-0.1, -0.05) is 0 Å². The SMILES string of the molecule is CCOC(=O)CCCCc1ncc(C#N)cn1. The van der Waals surface area contributed by atoms with Gasteiger partial charge in [-0.05, 0) is 19.8 Å². The normalized spacial score (nSPS) is 9.65. The predicted octanol–water partition coefficient (Wildman–Crippen LogP) is 1.62. The van der Waals surface area contributed by atoms with Crippen LogP contribution in [0, 0.1) is 11.3 Å². The molecule has 1 heterocycles. The van der Waals surface area contributed by atoms with Crippen LogP contribution in [0.4, 0.5) is 0 Å². The highest BCUT2D eigenvalue weighted by atomic mass is 16.5. The number of ether oxygens (including phenoxy) is 1. The lowest BCUT2D eigenvalue weighted by atomic mass is 10.2. The molecule has 0 unspecified atom stereocenters. The van der Waals surface area contributed by atoms with Crippen molar-refractivity contribution in [3.05, 3.63) is 23.8 Å². The van der Waals surface area contributed by atoms with Gasteiger partial charge in [-0.15, -0.1) is 0 Å². The van der Waals surface area contributed by atoms with Gasteiger partial charge in [-0.25, -0.2) is 9.97 Å². The highest BCUT2D eigenvalue weighted by Gasteiger charge is 2.02. The molecule has 0 saturated heterocycles. The molecule has 5 heteroatoms. The zero-order valence-electron chi connectivity index (χ0n) is 9.85. The average molecular weight is 233 g/mol. The smallest absolute Gasteiger partial charge is 0.305 e. The summed E-state index contributed by atoms with van der Waals surface area (Å²) in [4.78, 5) is 19.2. The Kier molecular flexibility index (Phi) is 5.66. The van der Waals surface area contributed by atoms with E-state index in [1.165, 1.54) is 12.4 Å². The molecule has 5 nitrogen and oxygen atoms in total. The third-order valence-corrected chi connectivity index (χ3v) is 2.17. The summed E-state index contributed by atoms with van der Waals surface area (Å²) < 4.78 is 4.82. The largest absolute Gasteiger partial charge is 0.466 e. The molecule has 0 atom stereocenters. The van der Waals surface area contributed by atoms with Gasteiger partial charge in [0.2, 0.25) is 0 Å². The minimum Gasteiger partial charge on any atom is -0.466 e. The number of hydrogen-bond donors (Lipinski definition) is 0. The van der Waals surface area contributed by atoms with Crippen molar-refractivity contribution in [2.24, 2.45) is 0 Å². The molecular formula is C12H15N3O2. The molecule has 0 aliphatic rings. The zero-order valence-corrected chi connectivity index (χ0v) is 9.85. The number of unbranched alkanes of at least 4 members (excludes halogenated alkanes) is 1. The minimum absolute atomic E-state index is 0.159. The number of carbonyl (C=O) groups excluding carboxylic acids is 1. The number of carbonyl (C=O) groups is 1. The first-order valence-electron chi connectivity index (χ1n) is 5.63. The van der Waals surface area contributed by atoms with Crippen LogP contribution in [0.3, 0.4) is 0 Å². The maximum atomic E-state index is 11.0. The van der Waals surface area contributed by atoms with E-state index in [0.29, 0.717) is 30.8 Å². The highest BCUT2D eigenvalue weighted by Crippen LogP contribution is 2.03. The maximum Gasteiger partial charge on any atom is 0.305 e. The summed E-state index contributed by atoms with van der Waals surface area (Å²) in [7, 11) is 0. The van der Waals surface area contributed by atoms with E-state index in [1.54, 1.807) is 6.92 Å². The molecule has 1 aromatic rings. The molecule has 90 valence electrons.